The van der Waals surface area contributed by atoms with Crippen LogP contribution in [0.15, 0.2) is 0 Å². The lowest BCUT2D eigenvalue weighted by Gasteiger charge is -2.04. The normalized spacial score (nSPS) is 10.8. The molecule has 4 N–H and O–H groups in total. The molecular weight excluding hydrogens is 308 g/mol. The molecule has 0 amide bonds. The molecule has 140 valence electrons. The molecule has 4 heteroatoms. The van der Waals surface area contributed by atoms with Gasteiger partial charge in [-0.05, 0) is 6.42 Å². The maximum atomic E-state index is 11.2. The van der Waals surface area contributed by atoms with E-state index >= 15 is 0 Å². The highest BCUT2D eigenvalue weighted by Crippen LogP contribution is 2.13. The Bertz CT molecular complexity index is 248. The molecule has 0 saturated heterocycles. The number of rotatable bonds is 17. The van der Waals surface area contributed by atoms with Gasteiger partial charge in [-0.1, -0.05) is 96.8 Å². The lowest BCUT2D eigenvalue weighted by molar-refractivity contribution is -0.120. The average Bonchev–Trinajstić information content (AvgIpc) is 2.50. The molecule has 0 aromatic carbocycles. The Morgan fingerprint density at radius 1 is 0.652 bits per heavy atom. The van der Waals surface area contributed by atoms with Crippen LogP contribution < -0.4 is 11.5 Å². The molecule has 0 spiro atoms. The van der Waals surface area contributed by atoms with Crippen LogP contribution in [0.4, 0.5) is 0 Å². The number of nitrogens with two attached hydrogens (primary N) is 2. The van der Waals surface area contributed by atoms with E-state index < -0.39 is 6.17 Å². The average molecular weight is 349 g/mol. The molecule has 0 aliphatic rings. The number of hydrogen-bond acceptors (Lipinski definition) is 3. The standard InChI is InChI=1S/C19H40N2O.ClH/c1-2-3-4-5-6-7-8-9-10-11-12-13-14-15-16-17-18(22)19(20)21;/h19H,2-17,20-21H2,1H3;1H. The molecule has 0 bridgehead atoms. The van der Waals surface area contributed by atoms with E-state index in [9.17, 15) is 4.79 Å². The van der Waals surface area contributed by atoms with Gasteiger partial charge in [0.25, 0.3) is 0 Å². The van der Waals surface area contributed by atoms with Gasteiger partial charge in [0.1, 0.15) is 6.17 Å². The Hall–Kier alpha value is -0.120. The van der Waals surface area contributed by atoms with E-state index in [4.69, 9.17) is 11.5 Å². The van der Waals surface area contributed by atoms with E-state index in [1.165, 1.54) is 83.5 Å². The third-order valence-corrected chi connectivity index (χ3v) is 4.40. The summed E-state index contributed by atoms with van der Waals surface area (Å²) in [4.78, 5) is 11.2. The van der Waals surface area contributed by atoms with Gasteiger partial charge in [-0.25, -0.2) is 0 Å². The summed E-state index contributed by atoms with van der Waals surface area (Å²) in [6.45, 7) is 2.27. The largest absolute Gasteiger partial charge is 0.310 e. The topological polar surface area (TPSA) is 69.1 Å². The molecule has 0 atom stereocenters. The number of carbonyl (C=O) groups is 1. The van der Waals surface area contributed by atoms with Gasteiger partial charge in [-0.2, -0.15) is 0 Å². The molecule has 0 fully saturated rings. The molecule has 0 saturated carbocycles. The van der Waals surface area contributed by atoms with Crippen molar-refractivity contribution in [2.45, 2.75) is 116 Å². The van der Waals surface area contributed by atoms with Crippen molar-refractivity contribution in [3.63, 3.8) is 0 Å². The summed E-state index contributed by atoms with van der Waals surface area (Å²) >= 11 is 0. The highest BCUT2D eigenvalue weighted by Gasteiger charge is 2.06. The minimum Gasteiger partial charge on any atom is -0.310 e. The minimum absolute atomic E-state index is 0. The number of unbranched alkanes of at least 4 members (excludes halogenated alkanes) is 14. The Morgan fingerprint density at radius 3 is 1.26 bits per heavy atom. The molecule has 0 aromatic rings. The first-order valence-electron chi connectivity index (χ1n) is 9.72. The van der Waals surface area contributed by atoms with Crippen LogP contribution in [0.1, 0.15) is 110 Å². The van der Waals surface area contributed by atoms with Crippen LogP contribution in [0.3, 0.4) is 0 Å². The second-order valence-corrected chi connectivity index (χ2v) is 6.69. The number of hydrogen-bond donors (Lipinski definition) is 2. The summed E-state index contributed by atoms with van der Waals surface area (Å²) < 4.78 is 0. The highest BCUT2D eigenvalue weighted by atomic mass is 35.5. The van der Waals surface area contributed by atoms with Crippen molar-refractivity contribution in [1.82, 2.24) is 0 Å². The molecule has 0 heterocycles. The second kappa shape index (κ2) is 19.9. The fourth-order valence-electron chi connectivity index (χ4n) is 2.84. The quantitative estimate of drug-likeness (QED) is 0.270. The molecule has 0 unspecified atom stereocenters. The van der Waals surface area contributed by atoms with Crippen molar-refractivity contribution in [2.75, 3.05) is 0 Å². The summed E-state index contributed by atoms with van der Waals surface area (Å²) in [5.41, 5.74) is 10.6. The van der Waals surface area contributed by atoms with Gasteiger partial charge in [0.05, 0.1) is 0 Å². The molecule has 0 aliphatic heterocycles. The third kappa shape index (κ3) is 19.8. The predicted molar refractivity (Wildman–Crippen MR) is 104 cm³/mol. The van der Waals surface area contributed by atoms with Gasteiger partial charge in [0.2, 0.25) is 0 Å². The molecule has 23 heavy (non-hydrogen) atoms. The first kappa shape index (κ1) is 25.1. The van der Waals surface area contributed by atoms with Crippen LogP contribution in [0.2, 0.25) is 0 Å². The van der Waals surface area contributed by atoms with Crippen molar-refractivity contribution < 1.29 is 4.79 Å². The summed E-state index contributed by atoms with van der Waals surface area (Å²) in [6.07, 6.45) is 19.9. The first-order valence-corrected chi connectivity index (χ1v) is 9.72. The molecular formula is C19H41ClN2O. The summed E-state index contributed by atoms with van der Waals surface area (Å²) in [5, 5.41) is 0. The van der Waals surface area contributed by atoms with Crippen molar-refractivity contribution in [3.05, 3.63) is 0 Å². The first-order chi connectivity index (χ1) is 10.7. The van der Waals surface area contributed by atoms with E-state index in [-0.39, 0.29) is 18.2 Å². The molecule has 0 radical (unpaired) electrons. The highest BCUT2D eigenvalue weighted by molar-refractivity contribution is 5.85. The van der Waals surface area contributed by atoms with Crippen molar-refractivity contribution in [1.29, 1.82) is 0 Å². The number of carbonyl (C=O) groups excluding carboxylic acids is 1. The fraction of sp³-hybridized carbons (Fsp3) is 0.947. The van der Waals surface area contributed by atoms with Crippen LogP contribution >= 0.6 is 12.4 Å². The molecule has 0 rings (SSSR count). The van der Waals surface area contributed by atoms with Crippen LogP contribution in [-0.2, 0) is 4.79 Å². The number of halogens is 1. The van der Waals surface area contributed by atoms with Gasteiger partial charge in [0, 0.05) is 6.42 Å². The van der Waals surface area contributed by atoms with Crippen molar-refractivity contribution >= 4 is 18.2 Å². The Kier molecular flexibility index (Phi) is 21.8. The lowest BCUT2D eigenvalue weighted by atomic mass is 10.0. The van der Waals surface area contributed by atoms with Gasteiger partial charge in [-0.3, -0.25) is 4.79 Å². The van der Waals surface area contributed by atoms with E-state index in [0.717, 1.165) is 12.8 Å². The van der Waals surface area contributed by atoms with E-state index in [1.54, 1.807) is 0 Å². The Balaban J connectivity index is 0. The predicted octanol–water partition coefficient (Wildman–Crippen LogP) is 5.48. The zero-order chi connectivity index (χ0) is 16.5. The Labute approximate surface area is 150 Å². The van der Waals surface area contributed by atoms with E-state index in [0.29, 0.717) is 6.42 Å². The molecule has 3 nitrogen and oxygen atoms in total. The van der Waals surface area contributed by atoms with Crippen molar-refractivity contribution in [3.8, 4) is 0 Å². The van der Waals surface area contributed by atoms with Crippen LogP contribution in [0.25, 0.3) is 0 Å². The fourth-order valence-corrected chi connectivity index (χ4v) is 2.84. The van der Waals surface area contributed by atoms with E-state index in [2.05, 4.69) is 6.92 Å². The molecule has 0 aromatic heterocycles. The van der Waals surface area contributed by atoms with Gasteiger partial charge < -0.3 is 11.5 Å². The summed E-state index contributed by atoms with van der Waals surface area (Å²) in [6, 6.07) is 0. The number of ketones is 1. The Morgan fingerprint density at radius 2 is 0.957 bits per heavy atom. The summed E-state index contributed by atoms with van der Waals surface area (Å²) in [5.74, 6) is -0.00491. The number of Topliss-reactive ketones (excluding diaryl/α,β-unsaturated/α-hetero) is 1. The zero-order valence-corrected chi connectivity index (χ0v) is 16.2. The lowest BCUT2D eigenvalue weighted by Crippen LogP contribution is -2.38. The smallest absolute Gasteiger partial charge is 0.163 e. The third-order valence-electron chi connectivity index (χ3n) is 4.40. The van der Waals surface area contributed by atoms with E-state index in [1.807, 2.05) is 0 Å². The van der Waals surface area contributed by atoms with Gasteiger partial charge in [0.15, 0.2) is 5.78 Å². The van der Waals surface area contributed by atoms with Gasteiger partial charge >= 0.3 is 0 Å². The summed E-state index contributed by atoms with van der Waals surface area (Å²) in [7, 11) is 0. The van der Waals surface area contributed by atoms with Gasteiger partial charge in [-0.15, -0.1) is 12.4 Å². The minimum atomic E-state index is -0.772. The second-order valence-electron chi connectivity index (χ2n) is 6.69. The zero-order valence-electron chi connectivity index (χ0n) is 15.4. The molecule has 0 aliphatic carbocycles. The van der Waals surface area contributed by atoms with Crippen LogP contribution in [0.5, 0.6) is 0 Å². The van der Waals surface area contributed by atoms with Crippen LogP contribution in [0, 0.1) is 0 Å². The maximum absolute atomic E-state index is 11.2. The van der Waals surface area contributed by atoms with Crippen molar-refractivity contribution in [2.24, 2.45) is 11.5 Å². The van der Waals surface area contributed by atoms with Crippen LogP contribution in [-0.4, -0.2) is 11.9 Å². The maximum Gasteiger partial charge on any atom is 0.163 e. The SMILES string of the molecule is CCCCCCCCCCCCCCCCCC(=O)C(N)N.Cl. The monoisotopic (exact) mass is 348 g/mol.